The van der Waals surface area contributed by atoms with Gasteiger partial charge in [0.2, 0.25) is 0 Å². The monoisotopic (exact) mass is 291 g/mol. The van der Waals surface area contributed by atoms with Crippen molar-refractivity contribution in [1.82, 2.24) is 4.98 Å². The van der Waals surface area contributed by atoms with Gasteiger partial charge in [-0.2, -0.15) is 0 Å². The van der Waals surface area contributed by atoms with E-state index in [9.17, 15) is 8.42 Å². The van der Waals surface area contributed by atoms with Crippen LogP contribution in [0.5, 0.6) is 0 Å². The molecule has 0 aliphatic carbocycles. The Morgan fingerprint density at radius 2 is 2.05 bits per heavy atom. The maximum Gasteiger partial charge on any atom is 0.175 e. The number of pyridine rings is 1. The Kier molecular flexibility index (Phi) is 3.94. The van der Waals surface area contributed by atoms with Crippen molar-refractivity contribution in [3.63, 3.8) is 0 Å². The summed E-state index contributed by atoms with van der Waals surface area (Å²) in [6, 6.07) is 8.54. The van der Waals surface area contributed by atoms with Crippen LogP contribution in [0.25, 0.3) is 0 Å². The third kappa shape index (κ3) is 3.27. The number of nitrogens with one attached hydrogen (secondary N) is 1. The van der Waals surface area contributed by atoms with Gasteiger partial charge >= 0.3 is 0 Å². The molecular formula is C14H17N3O2S. The van der Waals surface area contributed by atoms with Gasteiger partial charge in [0, 0.05) is 18.6 Å². The van der Waals surface area contributed by atoms with E-state index in [-0.39, 0.29) is 10.9 Å². The first kappa shape index (κ1) is 14.3. The Bertz CT molecular complexity index is 700. The molecule has 20 heavy (non-hydrogen) atoms. The van der Waals surface area contributed by atoms with Crippen molar-refractivity contribution in [3.8, 4) is 0 Å². The maximum absolute atomic E-state index is 11.5. The number of benzene rings is 1. The van der Waals surface area contributed by atoms with Gasteiger partial charge in [-0.25, -0.2) is 8.42 Å². The van der Waals surface area contributed by atoms with Crippen LogP contribution in [-0.4, -0.2) is 19.7 Å². The largest absolute Gasteiger partial charge is 0.397 e. The lowest BCUT2D eigenvalue weighted by Crippen LogP contribution is -2.09. The van der Waals surface area contributed by atoms with Crippen LogP contribution in [0.15, 0.2) is 47.6 Å². The lowest BCUT2D eigenvalue weighted by molar-refractivity contribution is 0.602. The van der Waals surface area contributed by atoms with Crippen LogP contribution in [0, 0.1) is 0 Å². The van der Waals surface area contributed by atoms with Gasteiger partial charge in [0.25, 0.3) is 0 Å². The highest BCUT2D eigenvalue weighted by atomic mass is 32.2. The van der Waals surface area contributed by atoms with Crippen LogP contribution >= 0.6 is 0 Å². The summed E-state index contributed by atoms with van der Waals surface area (Å²) in [7, 11) is -3.24. The van der Waals surface area contributed by atoms with Gasteiger partial charge in [-0.15, -0.1) is 0 Å². The molecule has 0 saturated heterocycles. The van der Waals surface area contributed by atoms with E-state index >= 15 is 0 Å². The number of nitrogens with two attached hydrogens (primary N) is 1. The second-order valence-corrected chi connectivity index (χ2v) is 6.69. The Labute approximate surface area is 118 Å². The highest BCUT2D eigenvalue weighted by Crippen LogP contribution is 2.26. The summed E-state index contributed by atoms with van der Waals surface area (Å²) in [4.78, 5) is 4.28. The second-order valence-electron chi connectivity index (χ2n) is 4.67. The van der Waals surface area contributed by atoms with E-state index in [1.807, 2.05) is 19.1 Å². The molecule has 2 aromatic rings. The van der Waals surface area contributed by atoms with Crippen molar-refractivity contribution < 1.29 is 8.42 Å². The molecule has 1 atom stereocenters. The number of nitrogens with zero attached hydrogens (tertiary/aromatic N) is 1. The zero-order chi connectivity index (χ0) is 14.8. The summed E-state index contributed by atoms with van der Waals surface area (Å²) in [5.74, 6) is 0. The molecule has 3 N–H and O–H groups in total. The fraction of sp³-hybridized carbons (Fsp3) is 0.214. The lowest BCUT2D eigenvalue weighted by Gasteiger charge is -2.17. The van der Waals surface area contributed by atoms with Crippen molar-refractivity contribution in [3.05, 3.63) is 48.3 Å². The van der Waals surface area contributed by atoms with Crippen LogP contribution in [-0.2, 0) is 9.84 Å². The van der Waals surface area contributed by atoms with E-state index in [2.05, 4.69) is 10.3 Å². The molecule has 106 valence electrons. The highest BCUT2D eigenvalue weighted by Gasteiger charge is 2.11. The number of hydrogen-bond donors (Lipinski definition) is 2. The summed E-state index contributed by atoms with van der Waals surface area (Å²) in [5, 5.41) is 3.25. The van der Waals surface area contributed by atoms with Gasteiger partial charge in [-0.05, 0) is 36.8 Å². The van der Waals surface area contributed by atoms with Crippen LogP contribution in [0.3, 0.4) is 0 Å². The SMILES string of the molecule is CC(Nc1ccc(S(C)(=O)=O)cc1N)c1cccnc1. The summed E-state index contributed by atoms with van der Waals surface area (Å²) >= 11 is 0. The molecule has 0 radical (unpaired) electrons. The number of nitrogen functional groups attached to an aromatic ring is 1. The van der Waals surface area contributed by atoms with Gasteiger partial charge in [0.15, 0.2) is 9.84 Å². The molecule has 0 fully saturated rings. The summed E-state index contributed by atoms with van der Waals surface area (Å²) < 4.78 is 22.9. The van der Waals surface area contributed by atoms with E-state index in [0.29, 0.717) is 11.4 Å². The molecule has 0 aliphatic rings. The molecule has 0 aliphatic heterocycles. The molecule has 0 spiro atoms. The molecule has 6 heteroatoms. The zero-order valence-electron chi connectivity index (χ0n) is 11.4. The van der Waals surface area contributed by atoms with Gasteiger partial charge in [0.05, 0.1) is 22.3 Å². The lowest BCUT2D eigenvalue weighted by atomic mass is 10.1. The first-order chi connectivity index (χ1) is 9.38. The fourth-order valence-corrected chi connectivity index (χ4v) is 2.51. The molecule has 1 heterocycles. The molecule has 0 amide bonds. The molecule has 0 bridgehead atoms. The molecule has 1 unspecified atom stereocenters. The van der Waals surface area contributed by atoms with Crippen molar-refractivity contribution in [1.29, 1.82) is 0 Å². The predicted octanol–water partition coefficient (Wildman–Crippen LogP) is 2.24. The van der Waals surface area contributed by atoms with Gasteiger partial charge in [0.1, 0.15) is 0 Å². The Morgan fingerprint density at radius 1 is 1.30 bits per heavy atom. The smallest absolute Gasteiger partial charge is 0.175 e. The zero-order valence-corrected chi connectivity index (χ0v) is 12.2. The van der Waals surface area contributed by atoms with E-state index in [0.717, 1.165) is 11.8 Å². The Hall–Kier alpha value is -2.08. The number of rotatable bonds is 4. The third-order valence-corrected chi connectivity index (χ3v) is 4.12. The second kappa shape index (κ2) is 5.50. The average Bonchev–Trinajstić information content (AvgIpc) is 2.41. The number of hydrogen-bond acceptors (Lipinski definition) is 5. The number of anilines is 2. The van der Waals surface area contributed by atoms with E-state index in [1.54, 1.807) is 24.5 Å². The normalized spacial score (nSPS) is 12.9. The van der Waals surface area contributed by atoms with Gasteiger partial charge < -0.3 is 11.1 Å². The van der Waals surface area contributed by atoms with Gasteiger partial charge in [-0.1, -0.05) is 6.07 Å². The summed E-state index contributed by atoms with van der Waals surface area (Å²) in [6.45, 7) is 1.99. The minimum Gasteiger partial charge on any atom is -0.397 e. The first-order valence-electron chi connectivity index (χ1n) is 6.14. The molecule has 1 aromatic heterocycles. The maximum atomic E-state index is 11.5. The first-order valence-corrected chi connectivity index (χ1v) is 8.03. The van der Waals surface area contributed by atoms with E-state index < -0.39 is 9.84 Å². The minimum atomic E-state index is -3.24. The Morgan fingerprint density at radius 3 is 2.60 bits per heavy atom. The fourth-order valence-electron chi connectivity index (χ4n) is 1.85. The van der Waals surface area contributed by atoms with Crippen molar-refractivity contribution in [2.75, 3.05) is 17.3 Å². The Balaban J connectivity index is 2.23. The van der Waals surface area contributed by atoms with Crippen LogP contribution < -0.4 is 11.1 Å². The van der Waals surface area contributed by atoms with Crippen LogP contribution in [0.2, 0.25) is 0 Å². The summed E-state index contributed by atoms with van der Waals surface area (Å²) in [6.07, 6.45) is 4.65. The van der Waals surface area contributed by atoms with Crippen LogP contribution in [0.1, 0.15) is 18.5 Å². The molecule has 1 aromatic carbocycles. The van der Waals surface area contributed by atoms with Crippen molar-refractivity contribution in [2.24, 2.45) is 0 Å². The van der Waals surface area contributed by atoms with Gasteiger partial charge in [-0.3, -0.25) is 4.98 Å². The summed E-state index contributed by atoms with van der Waals surface area (Å²) in [5.41, 5.74) is 8.04. The molecule has 0 saturated carbocycles. The third-order valence-electron chi connectivity index (χ3n) is 3.01. The molecule has 5 nitrogen and oxygen atoms in total. The molecular weight excluding hydrogens is 274 g/mol. The molecule has 2 rings (SSSR count). The number of sulfone groups is 1. The van der Waals surface area contributed by atoms with E-state index in [1.165, 1.54) is 6.07 Å². The topological polar surface area (TPSA) is 85.1 Å². The van der Waals surface area contributed by atoms with E-state index in [4.69, 9.17) is 5.73 Å². The van der Waals surface area contributed by atoms with Crippen molar-refractivity contribution >= 4 is 21.2 Å². The number of aromatic nitrogens is 1. The predicted molar refractivity (Wildman–Crippen MR) is 80.2 cm³/mol. The van der Waals surface area contributed by atoms with Crippen molar-refractivity contribution in [2.45, 2.75) is 17.9 Å². The van der Waals surface area contributed by atoms with Crippen LogP contribution in [0.4, 0.5) is 11.4 Å². The average molecular weight is 291 g/mol. The minimum absolute atomic E-state index is 0.0232. The highest BCUT2D eigenvalue weighted by molar-refractivity contribution is 7.90. The quantitative estimate of drug-likeness (QED) is 0.844. The standard InChI is InChI=1S/C14H17N3O2S/c1-10(11-4-3-7-16-9-11)17-14-6-5-12(8-13(14)15)20(2,18)19/h3-10,17H,15H2,1-2H3.